The normalized spacial score (nSPS) is 32.4. The first-order valence-electron chi connectivity index (χ1n) is 28.5. The molecule has 1 aliphatic carbocycles. The summed E-state index contributed by atoms with van der Waals surface area (Å²) in [7, 11) is 3.36. The monoisotopic (exact) mass is 1070 g/mol. The van der Waals surface area contributed by atoms with Crippen molar-refractivity contribution in [1.29, 1.82) is 0 Å². The molecule has 10 rings (SSSR count). The van der Waals surface area contributed by atoms with Crippen LogP contribution < -0.4 is 10.2 Å². The number of H-pyrrole nitrogens is 1. The summed E-state index contributed by atoms with van der Waals surface area (Å²) in [4.78, 5) is 64.3. The number of hydrogen-bond acceptors (Lipinski definition) is 15. The maximum atomic E-state index is 15.2. The zero-order valence-corrected chi connectivity index (χ0v) is 46.6. The fourth-order valence-electron chi connectivity index (χ4n) is 15.5. The summed E-state index contributed by atoms with van der Waals surface area (Å²) in [5, 5.41) is 52.6. The number of piperidine rings is 1. The predicted molar refractivity (Wildman–Crippen MR) is 291 cm³/mol. The van der Waals surface area contributed by atoms with Crippen LogP contribution in [0.3, 0.4) is 0 Å². The molecular weight excluding hydrogens is 983 g/mol. The highest BCUT2D eigenvalue weighted by Gasteiger charge is 2.78. The van der Waals surface area contributed by atoms with Crippen LogP contribution in [0.15, 0.2) is 48.6 Å². The van der Waals surface area contributed by atoms with Crippen LogP contribution in [-0.2, 0) is 50.0 Å². The Hall–Kier alpha value is -4.72. The maximum Gasteiger partial charge on any atom is 0.328 e. The largest absolute Gasteiger partial charge is 0.464 e. The second-order valence-corrected chi connectivity index (χ2v) is 23.3. The van der Waals surface area contributed by atoms with E-state index in [0.717, 1.165) is 54.8 Å². The average Bonchev–Trinajstić information content (AvgIpc) is 4.29. The van der Waals surface area contributed by atoms with Gasteiger partial charge in [0.05, 0.1) is 31.0 Å². The smallest absolute Gasteiger partial charge is 0.328 e. The molecule has 1 aromatic heterocycles. The van der Waals surface area contributed by atoms with Gasteiger partial charge < -0.3 is 59.5 Å². The predicted octanol–water partition coefficient (Wildman–Crippen LogP) is 5.46. The first kappa shape index (κ1) is 57.0. The fourth-order valence-corrected chi connectivity index (χ4v) is 15.5. The van der Waals surface area contributed by atoms with Gasteiger partial charge >= 0.3 is 11.9 Å². The van der Waals surface area contributed by atoms with E-state index in [4.69, 9.17) is 18.9 Å². The zero-order chi connectivity index (χ0) is 55.2. The minimum atomic E-state index is -2.22. The van der Waals surface area contributed by atoms with Crippen molar-refractivity contribution in [3.63, 3.8) is 0 Å². The molecule has 1 spiro atoms. The Morgan fingerprint density at radius 3 is 2.48 bits per heavy atom. The van der Waals surface area contributed by atoms with Crippen LogP contribution in [0.1, 0.15) is 139 Å². The molecule has 7 heterocycles. The number of hydrogen-bond donors (Lipinski definition) is 6. The van der Waals surface area contributed by atoms with Gasteiger partial charge in [-0.15, -0.1) is 0 Å². The lowest BCUT2D eigenvalue weighted by molar-refractivity contribution is -0.202. The third kappa shape index (κ3) is 9.86. The second kappa shape index (κ2) is 22.8. The molecule has 2 bridgehead atoms. The van der Waals surface area contributed by atoms with Gasteiger partial charge in [0.15, 0.2) is 17.7 Å². The van der Waals surface area contributed by atoms with E-state index >= 15 is 4.79 Å². The third-order valence-corrected chi connectivity index (χ3v) is 19.3. The molecular formula is C60H85N5O12. The SMILES string of the molecule is CCC(CO)OC(COC(=O)CCCC(=O)NC(C)C(=O)OCCCC(=O)[C@]1(O)C2N(C)c3cc(C)c([C@H]4[C@H]5CCN(CCc6c([nH]c7ccccc67)[C@@H]4C)CC5(O)CC)cc3C23CCN2CC=C[C@](CC)(C23)[C@H]1O)OC. The number of carbonyl (C=O) groups excluding carboxylic acids is 4. The number of Topliss-reactive ketones (excluding diaryl/α,β-unsaturated/α-hetero) is 1. The number of fused-ring (bicyclic) bond motifs is 6. The minimum Gasteiger partial charge on any atom is -0.464 e. The van der Waals surface area contributed by atoms with Crippen LogP contribution in [0.25, 0.3) is 10.9 Å². The topological polar surface area (TPSA) is 224 Å². The van der Waals surface area contributed by atoms with Crippen LogP contribution in [0.2, 0.25) is 0 Å². The molecule has 6 N–H and O–H groups in total. The zero-order valence-electron chi connectivity index (χ0n) is 46.6. The van der Waals surface area contributed by atoms with Gasteiger partial charge in [0, 0.05) is 98.1 Å². The highest BCUT2D eigenvalue weighted by atomic mass is 16.7. The maximum absolute atomic E-state index is 15.2. The van der Waals surface area contributed by atoms with Gasteiger partial charge in [0.25, 0.3) is 0 Å². The molecule has 3 fully saturated rings. The van der Waals surface area contributed by atoms with Gasteiger partial charge in [-0.1, -0.05) is 64.1 Å². The molecule has 1 amide bonds. The van der Waals surface area contributed by atoms with E-state index in [0.29, 0.717) is 38.8 Å². The molecule has 6 aliphatic heterocycles. The van der Waals surface area contributed by atoms with E-state index < -0.39 is 76.2 Å². The number of nitrogens with zero attached hydrogens (tertiary/aromatic N) is 3. The number of ether oxygens (including phenoxy) is 4. The number of rotatable bonds is 21. The standard InChI is InChI=1S/C60H85N5O12/c1-9-39(33-66)77-50(74-8)34-76-49(69)21-14-20-48(68)61-38(6)53(70)75-30-15-19-47(67)60(73)55-59(25-29-65-26-16-24-57(10-2,54(59)65)56(60)71)44-32-42(36(4)31-46(44)63(55)7)51-37(5)52-41(40-17-12-13-18-45(40)62-52)22-27-64-28-23-43(51)58(72,11-3)35-64/h12-13,16-18,24,31-32,37-39,43,50-51,54-56,62,66,71-73H,9-11,14-15,19-23,25-30,33-35H2,1-8H3,(H,61,68)/t37-,38?,39?,43-,50?,51+,54?,55?,56-,57-,58?,59?,60+/m1/s1. The summed E-state index contributed by atoms with van der Waals surface area (Å²) in [6.45, 7) is 15.3. The molecule has 2 aromatic carbocycles. The number of carbonyl (C=O) groups is 4. The Morgan fingerprint density at radius 1 is 0.974 bits per heavy atom. The second-order valence-electron chi connectivity index (χ2n) is 23.3. The van der Waals surface area contributed by atoms with E-state index in [2.05, 4.69) is 94.3 Å². The number of esters is 2. The molecule has 2 saturated heterocycles. The Morgan fingerprint density at radius 2 is 1.75 bits per heavy atom. The average molecular weight is 1070 g/mol. The number of ketones is 1. The molecule has 77 heavy (non-hydrogen) atoms. The van der Waals surface area contributed by atoms with Crippen molar-refractivity contribution >= 4 is 40.2 Å². The third-order valence-electron chi connectivity index (χ3n) is 19.3. The molecule has 0 radical (unpaired) electrons. The highest BCUT2D eigenvalue weighted by Crippen LogP contribution is 2.67. The van der Waals surface area contributed by atoms with E-state index in [1.54, 1.807) is 0 Å². The van der Waals surface area contributed by atoms with Crippen molar-refractivity contribution in [1.82, 2.24) is 20.1 Å². The van der Waals surface area contributed by atoms with Crippen molar-refractivity contribution < 1.29 is 58.6 Å². The van der Waals surface area contributed by atoms with Gasteiger partial charge in [-0.3, -0.25) is 19.3 Å². The van der Waals surface area contributed by atoms with Crippen molar-refractivity contribution in [2.45, 2.75) is 177 Å². The summed E-state index contributed by atoms with van der Waals surface area (Å²) in [5.41, 5.74) is 3.08. The lowest BCUT2D eigenvalue weighted by Crippen LogP contribution is -2.80. The number of aliphatic hydroxyl groups is 4. The number of nitrogens with one attached hydrogen (secondary N) is 2. The lowest BCUT2D eigenvalue weighted by Gasteiger charge is -2.63. The molecule has 3 aromatic rings. The van der Waals surface area contributed by atoms with Crippen molar-refractivity contribution in [3.05, 3.63) is 76.5 Å². The molecule has 17 nitrogen and oxygen atoms in total. The number of para-hydroxylation sites is 1. The number of aromatic nitrogens is 1. The highest BCUT2D eigenvalue weighted by molar-refractivity contribution is 5.92. The van der Waals surface area contributed by atoms with Gasteiger partial charge in [0.2, 0.25) is 5.91 Å². The number of aliphatic hydroxyl groups excluding tert-OH is 2. The molecule has 14 atom stereocenters. The van der Waals surface area contributed by atoms with Crippen LogP contribution >= 0.6 is 0 Å². The molecule has 8 unspecified atom stereocenters. The Labute approximate surface area is 454 Å². The van der Waals surface area contributed by atoms with Crippen molar-refractivity contribution in [2.24, 2.45) is 11.3 Å². The van der Waals surface area contributed by atoms with Crippen molar-refractivity contribution in [3.8, 4) is 0 Å². The summed E-state index contributed by atoms with van der Waals surface area (Å²) >= 11 is 0. The van der Waals surface area contributed by atoms with Gasteiger partial charge in [0.1, 0.15) is 18.8 Å². The van der Waals surface area contributed by atoms with Gasteiger partial charge in [-0.05, 0) is 125 Å². The summed E-state index contributed by atoms with van der Waals surface area (Å²) in [6.07, 6.45) is 5.45. The summed E-state index contributed by atoms with van der Waals surface area (Å²) in [5.74, 6) is -2.33. The number of anilines is 1. The number of likely N-dealkylation sites (N-methyl/N-ethyl adjacent to an activating group) is 1. The van der Waals surface area contributed by atoms with Gasteiger partial charge in [-0.25, -0.2) is 4.79 Å². The number of aryl methyl sites for hydroxylation is 1. The molecule has 17 heteroatoms. The summed E-state index contributed by atoms with van der Waals surface area (Å²) in [6, 6.07) is 11.2. The number of benzene rings is 2. The summed E-state index contributed by atoms with van der Waals surface area (Å²) < 4.78 is 21.6. The van der Waals surface area contributed by atoms with Gasteiger partial charge in [-0.2, -0.15) is 0 Å². The van der Waals surface area contributed by atoms with Crippen molar-refractivity contribution in [2.75, 3.05) is 71.6 Å². The Balaban J connectivity index is 0.936. The minimum absolute atomic E-state index is 0.0134. The van der Waals surface area contributed by atoms with Crippen LogP contribution in [0, 0.1) is 18.3 Å². The van der Waals surface area contributed by atoms with Crippen LogP contribution in [0.4, 0.5) is 5.69 Å². The Kier molecular flexibility index (Phi) is 16.9. The number of methoxy groups -OCH3 is 1. The lowest BCUT2D eigenvalue weighted by atomic mass is 9.47. The first-order valence-corrected chi connectivity index (χ1v) is 28.5. The quantitative estimate of drug-likeness (QED) is 0.0338. The van der Waals surface area contributed by atoms with E-state index in [-0.39, 0.29) is 75.7 Å². The van der Waals surface area contributed by atoms with E-state index in [1.807, 2.05) is 20.9 Å². The van der Waals surface area contributed by atoms with E-state index in [1.165, 1.54) is 36.2 Å². The number of amides is 1. The first-order chi connectivity index (χ1) is 36.9. The Bertz CT molecular complexity index is 2690. The van der Waals surface area contributed by atoms with Crippen LogP contribution in [-0.4, -0.2) is 173 Å². The van der Waals surface area contributed by atoms with Crippen LogP contribution in [0.5, 0.6) is 0 Å². The fraction of sp³-hybridized carbons (Fsp3) is 0.667. The van der Waals surface area contributed by atoms with E-state index in [9.17, 15) is 34.8 Å². The molecule has 422 valence electrons. The molecule has 1 saturated carbocycles. The molecule has 7 aliphatic rings. The number of aromatic amines is 1.